The maximum absolute atomic E-state index is 8.58. The van der Waals surface area contributed by atoms with Gasteiger partial charge in [-0.2, -0.15) is 0 Å². The number of amides is 1. The maximum atomic E-state index is 8.58. The predicted molar refractivity (Wildman–Crippen MR) is 33.6 cm³/mol. The molecule has 0 fully saturated rings. The molecule has 0 aliphatic heterocycles. The highest BCUT2D eigenvalue weighted by molar-refractivity contribution is 7.54. The summed E-state index contributed by atoms with van der Waals surface area (Å²) in [4.78, 5) is 8.58. The van der Waals surface area contributed by atoms with E-state index >= 15 is 0 Å². The van der Waals surface area contributed by atoms with Crippen molar-refractivity contribution in [2.75, 3.05) is 0 Å². The molecule has 0 aromatic carbocycles. The Kier molecular flexibility index (Phi) is 15.4. The van der Waals surface area contributed by atoms with Crippen LogP contribution in [0, 0.1) is 0 Å². The fourth-order valence-electron chi connectivity index (χ4n) is 0. The van der Waals surface area contributed by atoms with Crippen LogP contribution in [0.1, 0.15) is 0 Å². The number of hydrogen-bond donors (Lipinski definition) is 1. The number of hydrogen-bond acceptors (Lipinski definition) is 1. The van der Waals surface area contributed by atoms with Gasteiger partial charge in [-0.15, -0.1) is 0 Å². The summed E-state index contributed by atoms with van der Waals surface area (Å²) < 4.78 is 0. The summed E-state index contributed by atoms with van der Waals surface area (Å²) in [6, 6.07) is 0. The average Bonchev–Trinajstić information content (AvgIpc) is 1.33. The first-order valence-electron chi connectivity index (χ1n) is 1.22. The van der Waals surface area contributed by atoms with E-state index in [4.69, 9.17) is 34.9 Å². The first-order chi connectivity index (χ1) is 3.15. The molecular formula is CH3AlCl3NO. The molecule has 0 heterocycles. The molecular weight excluding hydrogens is 175 g/mol. The van der Waals surface area contributed by atoms with E-state index in [1.165, 1.54) is 0 Å². The summed E-state index contributed by atoms with van der Waals surface area (Å²) >= 11 is -1.72. The summed E-state index contributed by atoms with van der Waals surface area (Å²) in [6.07, 6.45) is 0.250. The first kappa shape index (κ1) is 10.8. The topological polar surface area (TPSA) is 43.1 Å². The molecule has 0 atom stereocenters. The van der Waals surface area contributed by atoms with Gasteiger partial charge in [0.2, 0.25) is 6.41 Å². The second kappa shape index (κ2) is 9.98. The number of carbonyl (C=O) groups excluding carboxylic acids is 1. The van der Waals surface area contributed by atoms with Gasteiger partial charge in [-0.25, -0.2) is 30.1 Å². The molecule has 0 aliphatic rings. The molecule has 0 radical (unpaired) electrons. The molecule has 7 heavy (non-hydrogen) atoms. The lowest BCUT2D eigenvalue weighted by Crippen LogP contribution is -1.82. The maximum Gasteiger partial charge on any atom is 0.643 e. The number of primary amides is 1. The van der Waals surface area contributed by atoms with Gasteiger partial charge in [-0.3, -0.25) is 4.79 Å². The summed E-state index contributed by atoms with van der Waals surface area (Å²) in [6.45, 7) is 0. The van der Waals surface area contributed by atoms with Crippen molar-refractivity contribution in [3.05, 3.63) is 0 Å². The number of halogens is 3. The van der Waals surface area contributed by atoms with E-state index in [9.17, 15) is 0 Å². The Bertz CT molecular complexity index is 39.2. The van der Waals surface area contributed by atoms with E-state index in [-0.39, 0.29) is 6.41 Å². The molecule has 42 valence electrons. The molecule has 0 aromatic heterocycles. The van der Waals surface area contributed by atoms with Gasteiger partial charge in [0.05, 0.1) is 0 Å². The summed E-state index contributed by atoms with van der Waals surface area (Å²) in [7, 11) is 14.8. The van der Waals surface area contributed by atoms with Crippen molar-refractivity contribution in [3.63, 3.8) is 0 Å². The highest BCUT2D eigenvalue weighted by Gasteiger charge is 2.00. The van der Waals surface area contributed by atoms with Crippen LogP contribution in [0.5, 0.6) is 0 Å². The second-order valence-electron chi connectivity index (χ2n) is 0.384. The zero-order valence-corrected chi connectivity index (χ0v) is 6.70. The molecule has 0 bridgehead atoms. The minimum Gasteiger partial charge on any atom is -0.372 e. The Morgan fingerprint density at radius 3 is 1.43 bits per heavy atom. The molecule has 1 amide bonds. The molecule has 0 saturated carbocycles. The van der Waals surface area contributed by atoms with Crippen LogP contribution in [0.2, 0.25) is 0 Å². The summed E-state index contributed by atoms with van der Waals surface area (Å²) in [5, 5.41) is 0. The number of rotatable bonds is 0. The van der Waals surface area contributed by atoms with Gasteiger partial charge in [0.15, 0.2) is 0 Å². The number of nitrogens with two attached hydrogens (primary N) is 1. The molecule has 2 N–H and O–H groups in total. The molecule has 0 unspecified atom stereocenters. The number of carbonyl (C=O) groups is 1. The highest BCUT2D eigenvalue weighted by atomic mass is 35.8. The van der Waals surface area contributed by atoms with E-state index in [0.29, 0.717) is 0 Å². The normalized spacial score (nSPS) is 5.57. The van der Waals surface area contributed by atoms with Crippen molar-refractivity contribution in [2.45, 2.75) is 0 Å². The van der Waals surface area contributed by atoms with Crippen molar-refractivity contribution in [1.29, 1.82) is 0 Å². The smallest absolute Gasteiger partial charge is 0.372 e. The molecule has 6 heteroatoms. The quantitative estimate of drug-likeness (QED) is 0.432. The van der Waals surface area contributed by atoms with E-state index in [0.717, 1.165) is 0 Å². The van der Waals surface area contributed by atoms with Crippen LogP contribution in [0.25, 0.3) is 0 Å². The van der Waals surface area contributed by atoms with Crippen molar-refractivity contribution in [2.24, 2.45) is 5.73 Å². The van der Waals surface area contributed by atoms with Crippen molar-refractivity contribution < 1.29 is 4.79 Å². The van der Waals surface area contributed by atoms with Crippen LogP contribution in [0.3, 0.4) is 0 Å². The fourth-order valence-corrected chi connectivity index (χ4v) is 0. The van der Waals surface area contributed by atoms with E-state index in [1.807, 2.05) is 0 Å². The van der Waals surface area contributed by atoms with Crippen LogP contribution in [0.15, 0.2) is 0 Å². The Hall–Kier alpha value is 0.872. The van der Waals surface area contributed by atoms with Gasteiger partial charge in [0.1, 0.15) is 0 Å². The SMILES string of the molecule is NC=O.[Cl][Al]([Cl])[Cl]. The molecule has 0 spiro atoms. The third kappa shape index (κ3) is 214. The summed E-state index contributed by atoms with van der Waals surface area (Å²) in [5.41, 5.74) is 4.17. The molecule has 0 aromatic rings. The molecule has 2 nitrogen and oxygen atoms in total. The lowest BCUT2D eigenvalue weighted by atomic mass is 11.5. The van der Waals surface area contributed by atoms with E-state index in [1.54, 1.807) is 0 Å². The lowest BCUT2D eigenvalue weighted by Gasteiger charge is -1.57. The molecule has 0 saturated heterocycles. The van der Waals surface area contributed by atoms with Crippen molar-refractivity contribution >= 4 is 47.9 Å². The van der Waals surface area contributed by atoms with Crippen LogP contribution in [-0.4, -0.2) is 17.8 Å². The Balaban J connectivity index is 0. The van der Waals surface area contributed by atoms with Gasteiger partial charge in [-0.1, -0.05) is 0 Å². The Labute approximate surface area is 58.5 Å². The fraction of sp³-hybridized carbons (Fsp3) is 0. The standard InChI is InChI=1S/CH3NO.Al.3ClH/c2-1-3;;;;/h1H,(H2,2,3);;3*1H/q;+3;;;/p-3. The van der Waals surface area contributed by atoms with Gasteiger partial charge < -0.3 is 5.73 Å². The van der Waals surface area contributed by atoms with Gasteiger partial charge in [0.25, 0.3) is 0 Å². The Morgan fingerprint density at radius 2 is 1.43 bits per heavy atom. The predicted octanol–water partition coefficient (Wildman–Crippen LogP) is 0.789. The molecule has 0 rings (SSSR count). The van der Waals surface area contributed by atoms with Gasteiger partial charge in [-0.05, 0) is 0 Å². The monoisotopic (exact) mass is 177 g/mol. The minimum atomic E-state index is -1.72. The minimum absolute atomic E-state index is 0.250. The second-order valence-corrected chi connectivity index (χ2v) is 6.82. The Morgan fingerprint density at radius 1 is 1.43 bits per heavy atom. The highest BCUT2D eigenvalue weighted by Crippen LogP contribution is 1.97. The van der Waals surface area contributed by atoms with Gasteiger partial charge in [0, 0.05) is 0 Å². The lowest BCUT2D eigenvalue weighted by molar-refractivity contribution is -0.106. The van der Waals surface area contributed by atoms with Crippen molar-refractivity contribution in [1.82, 2.24) is 0 Å². The first-order valence-corrected chi connectivity index (χ1v) is 6.46. The molecule has 0 aliphatic carbocycles. The zero-order valence-electron chi connectivity index (χ0n) is 3.27. The van der Waals surface area contributed by atoms with Crippen LogP contribution >= 0.6 is 30.1 Å². The van der Waals surface area contributed by atoms with E-state index in [2.05, 4.69) is 5.73 Å². The van der Waals surface area contributed by atoms with Crippen LogP contribution in [0.4, 0.5) is 0 Å². The largest absolute Gasteiger partial charge is 0.643 e. The zero-order chi connectivity index (χ0) is 6.28. The van der Waals surface area contributed by atoms with E-state index < -0.39 is 11.4 Å². The third-order valence-corrected chi connectivity index (χ3v) is 0. The van der Waals surface area contributed by atoms with Crippen LogP contribution < -0.4 is 5.73 Å². The van der Waals surface area contributed by atoms with Crippen molar-refractivity contribution in [3.8, 4) is 0 Å². The van der Waals surface area contributed by atoms with Crippen LogP contribution in [-0.2, 0) is 4.79 Å². The third-order valence-electron chi connectivity index (χ3n) is 0. The average molecular weight is 178 g/mol. The summed E-state index contributed by atoms with van der Waals surface area (Å²) in [5.74, 6) is 0. The van der Waals surface area contributed by atoms with Gasteiger partial charge >= 0.3 is 11.4 Å².